The summed E-state index contributed by atoms with van der Waals surface area (Å²) < 4.78 is 6.34. The first kappa shape index (κ1) is 21.0. The molecule has 0 N–H and O–H groups in total. The minimum Gasteiger partial charge on any atom is -0.486 e. The number of hydrogen-bond acceptors (Lipinski definition) is 3. The Hall–Kier alpha value is -2.30. The van der Waals surface area contributed by atoms with Gasteiger partial charge in [0.2, 0.25) is 5.91 Å². The molecule has 1 amide bonds. The van der Waals surface area contributed by atoms with Crippen LogP contribution >= 0.6 is 23.2 Å². The van der Waals surface area contributed by atoms with Crippen LogP contribution in [0.4, 0.5) is 0 Å². The normalized spacial score (nSPS) is 17.9. The average Bonchev–Trinajstić information content (AvgIpc) is 2.71. The van der Waals surface area contributed by atoms with E-state index in [1.54, 1.807) is 29.2 Å². The molecule has 0 aromatic heterocycles. The molecule has 2 aromatic carbocycles. The Labute approximate surface area is 186 Å². The Morgan fingerprint density at radius 3 is 2.47 bits per heavy atom. The molecule has 4 nitrogen and oxygen atoms in total. The topological polar surface area (TPSA) is 46.6 Å². The number of ether oxygens (including phenoxy) is 1. The van der Waals surface area contributed by atoms with Gasteiger partial charge in [0.05, 0.1) is 22.0 Å². The van der Waals surface area contributed by atoms with Crippen LogP contribution < -0.4 is 4.74 Å². The highest BCUT2D eigenvalue weighted by Crippen LogP contribution is 2.40. The zero-order valence-corrected chi connectivity index (χ0v) is 18.5. The van der Waals surface area contributed by atoms with Crippen molar-refractivity contribution in [3.63, 3.8) is 0 Å². The van der Waals surface area contributed by atoms with Crippen LogP contribution in [0.3, 0.4) is 0 Å². The number of fused-ring (bicyclic) bond motifs is 1. The van der Waals surface area contributed by atoms with Crippen LogP contribution in [-0.2, 0) is 4.79 Å². The predicted octanol–water partition coefficient (Wildman–Crippen LogP) is 5.65. The third kappa shape index (κ3) is 4.12. The van der Waals surface area contributed by atoms with Crippen LogP contribution in [0.1, 0.15) is 46.3 Å². The van der Waals surface area contributed by atoms with E-state index in [4.69, 9.17) is 27.9 Å². The molecule has 0 bridgehead atoms. The number of carbonyl (C=O) groups is 2. The maximum absolute atomic E-state index is 12.8. The molecule has 1 spiro atoms. The van der Waals surface area contributed by atoms with Crippen molar-refractivity contribution < 1.29 is 14.3 Å². The van der Waals surface area contributed by atoms with Crippen molar-refractivity contribution in [2.45, 2.75) is 38.7 Å². The zero-order chi connectivity index (χ0) is 21.5. The van der Waals surface area contributed by atoms with E-state index in [-0.39, 0.29) is 11.7 Å². The SMILES string of the molecule is Cc1cc2c(cc1C)C(=O)CC1(CCN(C(=O)/C=C/c3ccc(Cl)c(Cl)c3)CC1)O2. The molecule has 2 aliphatic heterocycles. The van der Waals surface area contributed by atoms with E-state index >= 15 is 0 Å². The monoisotopic (exact) mass is 443 g/mol. The van der Waals surface area contributed by atoms with Crippen molar-refractivity contribution in [1.29, 1.82) is 0 Å². The van der Waals surface area contributed by atoms with E-state index in [2.05, 4.69) is 0 Å². The number of piperidine rings is 1. The van der Waals surface area contributed by atoms with Gasteiger partial charge in [-0.25, -0.2) is 0 Å². The highest BCUT2D eigenvalue weighted by atomic mass is 35.5. The van der Waals surface area contributed by atoms with Crippen LogP contribution in [0, 0.1) is 13.8 Å². The molecule has 30 heavy (non-hydrogen) atoms. The number of likely N-dealkylation sites (tertiary alicyclic amines) is 1. The van der Waals surface area contributed by atoms with Crippen LogP contribution in [0.15, 0.2) is 36.4 Å². The minimum absolute atomic E-state index is 0.0649. The van der Waals surface area contributed by atoms with Crippen LogP contribution in [0.25, 0.3) is 6.08 Å². The van der Waals surface area contributed by atoms with Gasteiger partial charge in [-0.2, -0.15) is 0 Å². The number of benzene rings is 2. The summed E-state index contributed by atoms with van der Waals surface area (Å²) in [4.78, 5) is 27.2. The standard InChI is InChI=1S/C24H23Cl2NO3/c1-15-11-18-21(28)14-24(30-22(18)12-16(15)2)7-9-27(10-8-24)23(29)6-4-17-3-5-19(25)20(26)13-17/h3-6,11-13H,7-10,14H2,1-2H3/b6-4+. The summed E-state index contributed by atoms with van der Waals surface area (Å²) in [7, 11) is 0. The Bertz CT molecular complexity index is 1050. The molecule has 0 saturated carbocycles. The summed E-state index contributed by atoms with van der Waals surface area (Å²) in [5.41, 5.74) is 3.17. The van der Waals surface area contributed by atoms with Crippen molar-refractivity contribution in [2.24, 2.45) is 0 Å². The van der Waals surface area contributed by atoms with Crippen LogP contribution in [-0.4, -0.2) is 35.3 Å². The van der Waals surface area contributed by atoms with Gasteiger partial charge in [-0.15, -0.1) is 0 Å². The van der Waals surface area contributed by atoms with Crippen molar-refractivity contribution in [3.05, 3.63) is 68.7 Å². The molecule has 0 unspecified atom stereocenters. The van der Waals surface area contributed by atoms with Gasteiger partial charge < -0.3 is 9.64 Å². The number of halogens is 2. The van der Waals surface area contributed by atoms with Crippen LogP contribution in [0.2, 0.25) is 10.0 Å². The number of amides is 1. The van der Waals surface area contributed by atoms with E-state index in [0.717, 1.165) is 16.7 Å². The summed E-state index contributed by atoms with van der Waals surface area (Å²) in [5, 5.41) is 0.937. The van der Waals surface area contributed by atoms with Gasteiger partial charge >= 0.3 is 0 Å². The molecule has 2 aromatic rings. The van der Waals surface area contributed by atoms with Gasteiger partial charge in [-0.3, -0.25) is 9.59 Å². The molecule has 2 aliphatic rings. The number of carbonyl (C=O) groups excluding carboxylic acids is 2. The van der Waals surface area contributed by atoms with E-state index in [1.165, 1.54) is 0 Å². The lowest BCUT2D eigenvalue weighted by Crippen LogP contribution is -2.52. The lowest BCUT2D eigenvalue weighted by Gasteiger charge is -2.44. The summed E-state index contributed by atoms with van der Waals surface area (Å²) >= 11 is 12.0. The maximum Gasteiger partial charge on any atom is 0.246 e. The van der Waals surface area contributed by atoms with Gasteiger partial charge in [0, 0.05) is 32.0 Å². The second-order valence-corrected chi connectivity index (χ2v) is 8.96. The summed E-state index contributed by atoms with van der Waals surface area (Å²) in [6.45, 7) is 5.13. The number of aryl methyl sites for hydroxylation is 2. The first-order chi connectivity index (χ1) is 14.3. The average molecular weight is 444 g/mol. The molecular weight excluding hydrogens is 421 g/mol. The quantitative estimate of drug-likeness (QED) is 0.563. The van der Waals surface area contributed by atoms with E-state index in [9.17, 15) is 9.59 Å². The number of rotatable bonds is 2. The van der Waals surface area contributed by atoms with Crippen molar-refractivity contribution >= 4 is 41.0 Å². The molecule has 0 atom stereocenters. The lowest BCUT2D eigenvalue weighted by molar-refractivity contribution is -0.129. The van der Waals surface area contributed by atoms with E-state index in [0.29, 0.717) is 53.7 Å². The Kier molecular flexibility index (Phi) is 5.65. The smallest absolute Gasteiger partial charge is 0.246 e. The number of ketones is 1. The minimum atomic E-state index is -0.518. The highest BCUT2D eigenvalue weighted by molar-refractivity contribution is 6.42. The molecule has 4 rings (SSSR count). The molecular formula is C24H23Cl2NO3. The van der Waals surface area contributed by atoms with Gasteiger partial charge in [-0.1, -0.05) is 29.3 Å². The highest BCUT2D eigenvalue weighted by Gasteiger charge is 2.43. The maximum atomic E-state index is 12.8. The fourth-order valence-corrected chi connectivity index (χ4v) is 4.36. The van der Waals surface area contributed by atoms with E-state index in [1.807, 2.05) is 32.0 Å². The molecule has 2 heterocycles. The molecule has 1 fully saturated rings. The molecule has 1 saturated heterocycles. The second-order valence-electron chi connectivity index (χ2n) is 8.15. The largest absolute Gasteiger partial charge is 0.486 e. The summed E-state index contributed by atoms with van der Waals surface area (Å²) in [5.74, 6) is 0.734. The third-order valence-corrected chi connectivity index (χ3v) is 6.79. The fourth-order valence-electron chi connectivity index (χ4n) is 4.05. The van der Waals surface area contributed by atoms with Crippen molar-refractivity contribution in [3.8, 4) is 5.75 Å². The van der Waals surface area contributed by atoms with Gasteiger partial charge in [0.1, 0.15) is 11.4 Å². The number of Topliss-reactive ketones (excluding diaryl/α,β-unsaturated/α-hetero) is 1. The predicted molar refractivity (Wildman–Crippen MR) is 120 cm³/mol. The molecule has 0 aliphatic carbocycles. The molecule has 0 radical (unpaired) electrons. The second kappa shape index (κ2) is 8.09. The van der Waals surface area contributed by atoms with Crippen molar-refractivity contribution in [1.82, 2.24) is 4.90 Å². The Balaban J connectivity index is 1.42. The summed E-state index contributed by atoms with van der Waals surface area (Å²) in [6.07, 6.45) is 4.92. The number of hydrogen-bond donors (Lipinski definition) is 0. The van der Waals surface area contributed by atoms with Crippen molar-refractivity contribution in [2.75, 3.05) is 13.1 Å². The fraction of sp³-hybridized carbons (Fsp3) is 0.333. The summed E-state index contributed by atoms with van der Waals surface area (Å²) in [6, 6.07) is 9.12. The first-order valence-electron chi connectivity index (χ1n) is 10.0. The Morgan fingerprint density at radius 2 is 1.77 bits per heavy atom. The first-order valence-corrected chi connectivity index (χ1v) is 10.8. The van der Waals surface area contributed by atoms with Gasteiger partial charge in [0.15, 0.2) is 5.78 Å². The molecule has 156 valence electrons. The van der Waals surface area contributed by atoms with Crippen LogP contribution in [0.5, 0.6) is 5.75 Å². The van der Waals surface area contributed by atoms with Gasteiger partial charge in [0.25, 0.3) is 0 Å². The van der Waals surface area contributed by atoms with Gasteiger partial charge in [-0.05, 0) is 60.9 Å². The zero-order valence-electron chi connectivity index (χ0n) is 17.0. The Morgan fingerprint density at radius 1 is 1.07 bits per heavy atom. The lowest BCUT2D eigenvalue weighted by atomic mass is 9.82. The van der Waals surface area contributed by atoms with E-state index < -0.39 is 5.60 Å². The molecule has 6 heteroatoms. The number of nitrogens with zero attached hydrogens (tertiary/aromatic N) is 1. The third-order valence-electron chi connectivity index (χ3n) is 6.05.